The molecule has 2 heterocycles. The van der Waals surface area contributed by atoms with Crippen molar-refractivity contribution in [1.29, 1.82) is 0 Å². The fraction of sp³-hybridized carbons (Fsp3) is 0.286. The Morgan fingerprint density at radius 1 is 1.05 bits per heavy atom. The van der Waals surface area contributed by atoms with Gasteiger partial charge in [-0.25, -0.2) is 21.6 Å². The average Bonchev–Trinajstić information content (AvgIpc) is 3.41. The number of anilines is 2. The Bertz CT molecular complexity index is 1660. The first-order valence-corrected chi connectivity index (χ1v) is 14.8. The smallest absolute Gasteiger partial charge is 0.271 e. The zero-order valence-corrected chi connectivity index (χ0v) is 24.6. The summed E-state index contributed by atoms with van der Waals surface area (Å²) in [5, 5.41) is 13.7. The van der Waals surface area contributed by atoms with E-state index in [1.807, 2.05) is 19.0 Å². The topological polar surface area (TPSA) is 157 Å². The van der Waals surface area contributed by atoms with Gasteiger partial charge in [0.1, 0.15) is 28.7 Å². The minimum Gasteiger partial charge on any atom is -0.348 e. The molecule has 1 aliphatic heterocycles. The predicted octanol–water partition coefficient (Wildman–Crippen LogP) is 2.72. The monoisotopic (exact) mass is 633 g/mol. The van der Waals surface area contributed by atoms with E-state index in [-0.39, 0.29) is 42.2 Å². The van der Waals surface area contributed by atoms with Crippen LogP contribution in [0.3, 0.4) is 0 Å². The van der Waals surface area contributed by atoms with Crippen molar-refractivity contribution < 1.29 is 36.0 Å². The molecule has 0 spiro atoms. The van der Waals surface area contributed by atoms with Crippen LogP contribution in [0.1, 0.15) is 33.7 Å². The number of rotatable bonds is 10. The van der Waals surface area contributed by atoms with Crippen LogP contribution < -0.4 is 16.0 Å². The largest absolute Gasteiger partial charge is 0.348 e. The number of nitrogens with zero attached hydrogens (tertiary/aromatic N) is 3. The summed E-state index contributed by atoms with van der Waals surface area (Å²) in [5.41, 5.74) is -1.08. The fourth-order valence-electron chi connectivity index (χ4n) is 4.43. The summed E-state index contributed by atoms with van der Waals surface area (Å²) in [4.78, 5) is 39.4. The van der Waals surface area contributed by atoms with Crippen LogP contribution in [0.2, 0.25) is 0 Å². The molecule has 1 aliphatic rings. The number of aromatic nitrogens is 2. The third-order valence-electron chi connectivity index (χ3n) is 6.62. The minimum atomic E-state index is -3.90. The summed E-state index contributed by atoms with van der Waals surface area (Å²) in [6.45, 7) is 0.748. The summed E-state index contributed by atoms with van der Waals surface area (Å²) in [7, 11) is -0.187. The number of H-pyrrole nitrogens is 1. The Hall–Kier alpha value is -4.54. The van der Waals surface area contributed by atoms with Gasteiger partial charge in [-0.05, 0) is 45.1 Å². The molecule has 0 bridgehead atoms. The van der Waals surface area contributed by atoms with Crippen LogP contribution >= 0.6 is 0 Å². The van der Waals surface area contributed by atoms with E-state index < -0.39 is 56.8 Å². The van der Waals surface area contributed by atoms with Gasteiger partial charge in [0.15, 0.2) is 0 Å². The van der Waals surface area contributed by atoms with Gasteiger partial charge < -0.3 is 20.9 Å². The van der Waals surface area contributed by atoms with Gasteiger partial charge in [-0.3, -0.25) is 19.5 Å². The van der Waals surface area contributed by atoms with E-state index in [2.05, 4.69) is 26.1 Å². The number of carbonyl (C=O) groups excluding carboxylic acids is 3. The van der Waals surface area contributed by atoms with Crippen molar-refractivity contribution in [2.45, 2.75) is 23.8 Å². The number of aromatic amines is 1. The van der Waals surface area contributed by atoms with Crippen molar-refractivity contribution in [1.82, 2.24) is 24.7 Å². The van der Waals surface area contributed by atoms with Crippen LogP contribution in [0.15, 0.2) is 59.6 Å². The van der Waals surface area contributed by atoms with Gasteiger partial charge >= 0.3 is 0 Å². The number of benzene rings is 2. The van der Waals surface area contributed by atoms with Gasteiger partial charge in [-0.1, -0.05) is 12.1 Å². The molecule has 1 saturated heterocycles. The predicted molar refractivity (Wildman–Crippen MR) is 155 cm³/mol. The summed E-state index contributed by atoms with van der Waals surface area (Å²) < 4.78 is 69.1. The van der Waals surface area contributed by atoms with Gasteiger partial charge in [-0.2, -0.15) is 9.40 Å². The number of hydrogen-bond acceptors (Lipinski definition) is 7. The lowest BCUT2D eigenvalue weighted by Gasteiger charge is -2.31. The van der Waals surface area contributed by atoms with Crippen LogP contribution in [0.25, 0.3) is 0 Å². The molecule has 16 heteroatoms. The van der Waals surface area contributed by atoms with Gasteiger partial charge in [0.05, 0.1) is 16.8 Å². The van der Waals surface area contributed by atoms with Crippen molar-refractivity contribution in [2.24, 2.45) is 0 Å². The zero-order valence-electron chi connectivity index (χ0n) is 23.7. The third kappa shape index (κ3) is 7.89. The lowest BCUT2D eigenvalue weighted by molar-refractivity contribution is -0.111. The van der Waals surface area contributed by atoms with E-state index in [9.17, 15) is 36.0 Å². The molecular formula is C28H30F3N7O5S. The molecule has 0 atom stereocenters. The minimum absolute atomic E-state index is 0.00179. The molecule has 1 aromatic heterocycles. The fourth-order valence-corrected chi connectivity index (χ4v) is 5.95. The Balaban J connectivity index is 1.34. The maximum atomic E-state index is 14.0. The van der Waals surface area contributed by atoms with Gasteiger partial charge in [0, 0.05) is 49.6 Å². The second kappa shape index (κ2) is 13.8. The Morgan fingerprint density at radius 3 is 2.39 bits per heavy atom. The number of sulfonamides is 1. The standard InChI is InChI=1S/C28H30F3N7O5S/c1-37(2)10-4-7-24(39)33-19-5-3-6-20(15-19)44(42,43)38-11-8-18(9-12-38)34-28(41)26-23(16-32-36-26)35-27(40)25-21(30)13-17(29)14-22(25)31/h3-7,13-16,18H,8-12H2,1-2H3,(H,32,36)(H,33,39)(H,34,41)(H,35,40). The first-order valence-electron chi connectivity index (χ1n) is 13.4. The molecule has 4 N–H and O–H groups in total. The normalized spacial score (nSPS) is 14.6. The maximum Gasteiger partial charge on any atom is 0.271 e. The van der Waals surface area contributed by atoms with Gasteiger partial charge in [0.25, 0.3) is 11.8 Å². The number of halogens is 3. The SMILES string of the molecule is CN(C)CC=CC(=O)Nc1cccc(S(=O)(=O)N2CCC(NC(=O)c3[nH]ncc3NC(=O)c3c(F)cc(F)cc3F)CC2)c1. The lowest BCUT2D eigenvalue weighted by atomic mass is 10.1. The molecule has 2 aromatic carbocycles. The molecule has 12 nitrogen and oxygen atoms in total. The summed E-state index contributed by atoms with van der Waals surface area (Å²) in [6, 6.07) is 6.18. The number of likely N-dealkylation sites (N-methyl/N-ethyl adjacent to an activating group) is 1. The van der Waals surface area contributed by atoms with Crippen LogP contribution in [-0.2, 0) is 14.8 Å². The Kier molecular flexibility index (Phi) is 10.2. The molecule has 3 amide bonds. The van der Waals surface area contributed by atoms with Crippen molar-refractivity contribution in [2.75, 3.05) is 44.4 Å². The Morgan fingerprint density at radius 2 is 1.73 bits per heavy atom. The first-order chi connectivity index (χ1) is 20.8. The highest BCUT2D eigenvalue weighted by molar-refractivity contribution is 7.89. The van der Waals surface area contributed by atoms with Crippen molar-refractivity contribution >= 4 is 39.1 Å². The number of amides is 3. The average molecular weight is 634 g/mol. The van der Waals surface area contributed by atoms with Crippen LogP contribution in [0, 0.1) is 17.5 Å². The second-order valence-electron chi connectivity index (χ2n) is 10.2. The molecule has 0 unspecified atom stereocenters. The molecular weight excluding hydrogens is 603 g/mol. The number of piperidine rings is 1. The molecule has 0 radical (unpaired) electrons. The molecule has 234 valence electrons. The van der Waals surface area contributed by atoms with Gasteiger partial charge in [0.2, 0.25) is 15.9 Å². The van der Waals surface area contributed by atoms with Crippen molar-refractivity contribution in [3.63, 3.8) is 0 Å². The molecule has 1 fully saturated rings. The quantitative estimate of drug-likeness (QED) is 0.250. The number of carbonyl (C=O) groups is 3. The molecule has 4 rings (SSSR count). The molecule has 44 heavy (non-hydrogen) atoms. The second-order valence-corrected chi connectivity index (χ2v) is 12.1. The summed E-state index contributed by atoms with van der Waals surface area (Å²) >= 11 is 0. The van der Waals surface area contributed by atoms with Crippen LogP contribution in [0.4, 0.5) is 24.5 Å². The van der Waals surface area contributed by atoms with Gasteiger partial charge in [-0.15, -0.1) is 0 Å². The Labute approximate surface area is 251 Å². The third-order valence-corrected chi connectivity index (χ3v) is 8.51. The van der Waals surface area contributed by atoms with Crippen molar-refractivity contribution in [3.05, 3.63) is 83.5 Å². The molecule has 0 saturated carbocycles. The van der Waals surface area contributed by atoms with E-state index in [1.54, 1.807) is 12.1 Å². The van der Waals surface area contributed by atoms with E-state index in [1.165, 1.54) is 28.6 Å². The molecule has 0 aliphatic carbocycles. The maximum absolute atomic E-state index is 14.0. The van der Waals surface area contributed by atoms with Crippen molar-refractivity contribution in [3.8, 4) is 0 Å². The highest BCUT2D eigenvalue weighted by Crippen LogP contribution is 2.24. The number of hydrogen-bond donors (Lipinski definition) is 4. The first kappa shape index (κ1) is 32.4. The summed E-state index contributed by atoms with van der Waals surface area (Å²) in [5.74, 6) is -6.37. The number of nitrogens with one attached hydrogen (secondary N) is 4. The van der Waals surface area contributed by atoms with E-state index in [4.69, 9.17) is 0 Å². The van der Waals surface area contributed by atoms with Crippen LogP contribution in [0.5, 0.6) is 0 Å². The van der Waals surface area contributed by atoms with E-state index in [0.717, 1.165) is 6.20 Å². The van der Waals surface area contributed by atoms with Crippen LogP contribution in [-0.4, -0.2) is 85.3 Å². The highest BCUT2D eigenvalue weighted by Gasteiger charge is 2.31. The summed E-state index contributed by atoms with van der Waals surface area (Å²) in [6.07, 6.45) is 4.64. The molecule has 3 aromatic rings. The van der Waals surface area contributed by atoms with E-state index in [0.29, 0.717) is 24.4 Å². The highest BCUT2D eigenvalue weighted by atomic mass is 32.2. The van der Waals surface area contributed by atoms with E-state index >= 15 is 0 Å². The lowest BCUT2D eigenvalue weighted by Crippen LogP contribution is -2.46. The zero-order chi connectivity index (χ0) is 32.0.